The quantitative estimate of drug-likeness (QED) is 0.407. The van der Waals surface area contributed by atoms with Gasteiger partial charge in [0, 0.05) is 6.42 Å². The summed E-state index contributed by atoms with van der Waals surface area (Å²) in [6.45, 7) is 13.3. The average Bonchev–Trinajstić information content (AvgIpc) is 2.44. The van der Waals surface area contributed by atoms with E-state index < -0.39 is 46.5 Å². The number of carbonyl (C=O) groups is 4. The Bertz CT molecular complexity index is 594. The van der Waals surface area contributed by atoms with Crippen molar-refractivity contribution < 1.29 is 33.4 Å². The molecule has 1 saturated heterocycles. The SMILES string of the molecule is CC(=O)CC1CC(C(=O)OC(C)(C)C)(C(=O)OC(C)(C)C)CCC(C)OC1=O. The Kier molecular flexibility index (Phi) is 7.42. The van der Waals surface area contributed by atoms with Gasteiger partial charge in [-0.2, -0.15) is 0 Å². The lowest BCUT2D eigenvalue weighted by atomic mass is 9.73. The first kappa shape index (κ1) is 24.1. The van der Waals surface area contributed by atoms with Gasteiger partial charge in [-0.15, -0.1) is 0 Å². The molecule has 1 aliphatic rings. The molecule has 1 aliphatic heterocycles. The maximum absolute atomic E-state index is 13.2. The summed E-state index contributed by atoms with van der Waals surface area (Å²) in [6, 6.07) is 0. The fourth-order valence-corrected chi connectivity index (χ4v) is 3.12. The Morgan fingerprint density at radius 3 is 1.89 bits per heavy atom. The zero-order chi connectivity index (χ0) is 21.9. The molecule has 0 bridgehead atoms. The van der Waals surface area contributed by atoms with E-state index in [1.807, 2.05) is 0 Å². The second-order valence-electron chi connectivity index (χ2n) is 9.68. The van der Waals surface area contributed by atoms with Crippen LogP contribution in [0.5, 0.6) is 0 Å². The minimum absolute atomic E-state index is 0.111. The lowest BCUT2D eigenvalue weighted by Gasteiger charge is -2.38. The van der Waals surface area contributed by atoms with Crippen LogP contribution >= 0.6 is 0 Å². The van der Waals surface area contributed by atoms with E-state index >= 15 is 0 Å². The van der Waals surface area contributed by atoms with Crippen LogP contribution in [0.25, 0.3) is 0 Å². The van der Waals surface area contributed by atoms with E-state index in [1.165, 1.54) is 6.92 Å². The number of carbonyl (C=O) groups excluding carboxylic acids is 4. The van der Waals surface area contributed by atoms with E-state index in [0.717, 1.165) is 0 Å². The largest absolute Gasteiger partial charge is 0.462 e. The van der Waals surface area contributed by atoms with Gasteiger partial charge in [-0.25, -0.2) is 0 Å². The van der Waals surface area contributed by atoms with Gasteiger partial charge in [-0.1, -0.05) is 0 Å². The molecule has 0 N–H and O–H groups in total. The monoisotopic (exact) mass is 398 g/mol. The molecule has 0 aromatic rings. The fourth-order valence-electron chi connectivity index (χ4n) is 3.12. The summed E-state index contributed by atoms with van der Waals surface area (Å²) in [5.74, 6) is -3.19. The number of esters is 3. The molecular weight excluding hydrogens is 364 g/mol. The maximum Gasteiger partial charge on any atom is 0.324 e. The lowest BCUT2D eigenvalue weighted by Crippen LogP contribution is -2.50. The van der Waals surface area contributed by atoms with Crippen LogP contribution in [0.3, 0.4) is 0 Å². The Morgan fingerprint density at radius 1 is 1.04 bits per heavy atom. The van der Waals surface area contributed by atoms with Gasteiger partial charge in [0.1, 0.15) is 17.0 Å². The van der Waals surface area contributed by atoms with E-state index in [2.05, 4.69) is 0 Å². The van der Waals surface area contributed by atoms with Gasteiger partial charge >= 0.3 is 17.9 Å². The molecule has 0 aromatic heterocycles. The van der Waals surface area contributed by atoms with Gasteiger partial charge < -0.3 is 19.0 Å². The molecule has 0 aliphatic carbocycles. The van der Waals surface area contributed by atoms with Crippen molar-refractivity contribution in [2.75, 3.05) is 0 Å². The third kappa shape index (κ3) is 6.91. The highest BCUT2D eigenvalue weighted by atomic mass is 16.6. The average molecular weight is 398 g/mol. The normalized spacial score (nSPS) is 23.1. The third-order valence-electron chi connectivity index (χ3n) is 4.34. The molecule has 28 heavy (non-hydrogen) atoms. The molecule has 2 unspecified atom stereocenters. The summed E-state index contributed by atoms with van der Waals surface area (Å²) >= 11 is 0. The Labute approximate surface area is 167 Å². The van der Waals surface area contributed by atoms with Crippen LogP contribution in [0.15, 0.2) is 0 Å². The smallest absolute Gasteiger partial charge is 0.324 e. The minimum Gasteiger partial charge on any atom is -0.462 e. The molecule has 0 radical (unpaired) electrons. The Morgan fingerprint density at radius 2 is 1.50 bits per heavy atom. The first-order valence-electron chi connectivity index (χ1n) is 9.72. The van der Waals surface area contributed by atoms with Crippen molar-refractivity contribution in [3.63, 3.8) is 0 Å². The Hall–Kier alpha value is -1.92. The molecule has 7 heteroatoms. The van der Waals surface area contributed by atoms with E-state index in [9.17, 15) is 19.2 Å². The predicted molar refractivity (Wildman–Crippen MR) is 102 cm³/mol. The molecule has 0 amide bonds. The number of hydrogen-bond acceptors (Lipinski definition) is 7. The number of cyclic esters (lactones) is 1. The highest BCUT2D eigenvalue weighted by molar-refractivity contribution is 6.01. The van der Waals surface area contributed by atoms with Crippen LogP contribution in [0, 0.1) is 11.3 Å². The van der Waals surface area contributed by atoms with Gasteiger partial charge in [-0.3, -0.25) is 14.4 Å². The number of ether oxygens (including phenoxy) is 3. The van der Waals surface area contributed by atoms with Crippen molar-refractivity contribution in [1.29, 1.82) is 0 Å². The van der Waals surface area contributed by atoms with Crippen molar-refractivity contribution in [2.45, 2.75) is 98.4 Å². The molecule has 2 atom stereocenters. The van der Waals surface area contributed by atoms with Gasteiger partial charge in [0.05, 0.1) is 12.0 Å². The van der Waals surface area contributed by atoms with Crippen LogP contribution in [0.4, 0.5) is 0 Å². The van der Waals surface area contributed by atoms with Crippen molar-refractivity contribution >= 4 is 23.7 Å². The van der Waals surface area contributed by atoms with Crippen LogP contribution in [-0.2, 0) is 33.4 Å². The van der Waals surface area contributed by atoms with Crippen molar-refractivity contribution in [1.82, 2.24) is 0 Å². The summed E-state index contributed by atoms with van der Waals surface area (Å²) in [5, 5.41) is 0. The van der Waals surface area contributed by atoms with Crippen molar-refractivity contribution in [3.05, 3.63) is 0 Å². The molecule has 1 rings (SSSR count). The second kappa shape index (κ2) is 8.62. The van der Waals surface area contributed by atoms with E-state index in [4.69, 9.17) is 14.2 Å². The number of rotatable bonds is 4. The number of ketones is 1. The first-order chi connectivity index (χ1) is 12.6. The highest BCUT2D eigenvalue weighted by Gasteiger charge is 2.54. The summed E-state index contributed by atoms with van der Waals surface area (Å²) in [5.41, 5.74) is -3.32. The van der Waals surface area contributed by atoms with E-state index in [1.54, 1.807) is 48.5 Å². The van der Waals surface area contributed by atoms with Gasteiger partial charge in [0.2, 0.25) is 0 Å². The van der Waals surface area contributed by atoms with Crippen molar-refractivity contribution in [3.8, 4) is 0 Å². The molecule has 1 heterocycles. The summed E-state index contributed by atoms with van der Waals surface area (Å²) in [7, 11) is 0. The molecular formula is C21H34O7. The first-order valence-corrected chi connectivity index (χ1v) is 9.72. The topological polar surface area (TPSA) is 96.0 Å². The highest BCUT2D eigenvalue weighted by Crippen LogP contribution is 2.41. The van der Waals surface area contributed by atoms with Crippen molar-refractivity contribution in [2.24, 2.45) is 11.3 Å². The van der Waals surface area contributed by atoms with Gasteiger partial charge in [0.15, 0.2) is 5.41 Å². The molecule has 1 fully saturated rings. The van der Waals surface area contributed by atoms with Crippen LogP contribution in [-0.4, -0.2) is 41.0 Å². The number of Topliss-reactive ketones (excluding diaryl/α,β-unsaturated/α-hetero) is 1. The lowest BCUT2D eigenvalue weighted by molar-refractivity contribution is -0.191. The van der Waals surface area contributed by atoms with Crippen LogP contribution in [0.1, 0.15) is 81.1 Å². The Balaban J connectivity index is 3.45. The fraction of sp³-hybridized carbons (Fsp3) is 0.810. The molecule has 0 saturated carbocycles. The van der Waals surface area contributed by atoms with Gasteiger partial charge in [-0.05, 0) is 74.7 Å². The standard InChI is InChI=1S/C21H34O7/c1-13(22)11-15-12-21(17(24)27-19(3,4)5,18(25)28-20(6,7)8)10-9-14(2)26-16(15)23/h14-15H,9-12H2,1-8H3. The summed E-state index contributed by atoms with van der Waals surface area (Å²) in [6.07, 6.45) is -0.371. The molecule has 160 valence electrons. The van der Waals surface area contributed by atoms with E-state index in [0.29, 0.717) is 6.42 Å². The van der Waals surface area contributed by atoms with Crippen LogP contribution < -0.4 is 0 Å². The second-order valence-corrected chi connectivity index (χ2v) is 9.68. The third-order valence-corrected chi connectivity index (χ3v) is 4.34. The summed E-state index contributed by atoms with van der Waals surface area (Å²) < 4.78 is 16.5. The number of hydrogen-bond donors (Lipinski definition) is 0. The zero-order valence-electron chi connectivity index (χ0n) is 18.3. The van der Waals surface area contributed by atoms with Crippen LogP contribution in [0.2, 0.25) is 0 Å². The maximum atomic E-state index is 13.2. The van der Waals surface area contributed by atoms with Gasteiger partial charge in [0.25, 0.3) is 0 Å². The zero-order valence-corrected chi connectivity index (χ0v) is 18.3. The molecule has 0 aromatic carbocycles. The minimum atomic E-state index is -1.67. The molecule has 0 spiro atoms. The van der Waals surface area contributed by atoms with E-state index in [-0.39, 0.29) is 25.0 Å². The molecule has 7 nitrogen and oxygen atoms in total. The predicted octanol–water partition coefficient (Wildman–Crippen LogP) is 3.37. The summed E-state index contributed by atoms with van der Waals surface area (Å²) in [4.78, 5) is 50.7.